The first-order valence-electron chi connectivity index (χ1n) is 7.29. The third-order valence-electron chi connectivity index (χ3n) is 3.26. The van der Waals surface area contributed by atoms with E-state index in [9.17, 15) is 10.0 Å². The number of hydrogen-bond donors (Lipinski definition) is 1. The molecule has 0 bridgehead atoms. The lowest BCUT2D eigenvalue weighted by Crippen LogP contribution is -2.35. The van der Waals surface area contributed by atoms with Gasteiger partial charge in [0.1, 0.15) is 0 Å². The van der Waals surface area contributed by atoms with Crippen LogP contribution in [0.1, 0.15) is 18.9 Å². The van der Waals surface area contributed by atoms with E-state index in [-0.39, 0.29) is 17.7 Å². The third-order valence-corrected chi connectivity index (χ3v) is 4.27. The van der Waals surface area contributed by atoms with Gasteiger partial charge >= 0.3 is 0 Å². The fraction of sp³-hybridized carbons (Fsp3) is 0.294. The lowest BCUT2D eigenvalue weighted by Gasteiger charge is -2.13. The van der Waals surface area contributed by atoms with E-state index in [0.29, 0.717) is 5.03 Å². The first-order chi connectivity index (χ1) is 10.6. The zero-order chi connectivity index (χ0) is 15.8. The Labute approximate surface area is 135 Å². The van der Waals surface area contributed by atoms with Gasteiger partial charge in [-0.05, 0) is 43.2 Å². The number of carbonyl (C=O) groups excluding carboxylic acids is 1. The molecule has 0 spiro atoms. The molecule has 2 rings (SSSR count). The zero-order valence-electron chi connectivity index (χ0n) is 12.6. The number of rotatable bonds is 7. The van der Waals surface area contributed by atoms with Crippen LogP contribution in [0.25, 0.3) is 0 Å². The summed E-state index contributed by atoms with van der Waals surface area (Å²) in [7, 11) is 0. The van der Waals surface area contributed by atoms with Crippen molar-refractivity contribution in [1.82, 2.24) is 5.32 Å². The Morgan fingerprint density at radius 3 is 2.68 bits per heavy atom. The van der Waals surface area contributed by atoms with Crippen LogP contribution in [0.2, 0.25) is 0 Å². The number of thioether (sulfide) groups is 1. The Bertz CT molecular complexity index is 605. The zero-order valence-corrected chi connectivity index (χ0v) is 13.4. The summed E-state index contributed by atoms with van der Waals surface area (Å²) >= 11 is 1.25. The van der Waals surface area contributed by atoms with Crippen molar-refractivity contribution in [2.24, 2.45) is 0 Å². The van der Waals surface area contributed by atoms with Crippen LogP contribution < -0.4 is 10.0 Å². The van der Waals surface area contributed by atoms with Crippen LogP contribution in [-0.4, -0.2) is 17.7 Å². The second-order valence-corrected chi connectivity index (χ2v) is 6.14. The van der Waals surface area contributed by atoms with E-state index in [0.717, 1.165) is 17.6 Å². The molecule has 0 radical (unpaired) electrons. The van der Waals surface area contributed by atoms with E-state index in [1.54, 1.807) is 18.2 Å². The lowest BCUT2D eigenvalue weighted by atomic mass is 10.1. The highest BCUT2D eigenvalue weighted by atomic mass is 32.2. The van der Waals surface area contributed by atoms with Crippen LogP contribution in [0.3, 0.4) is 0 Å². The number of benzene rings is 1. The molecule has 1 aromatic carbocycles. The molecular weight excluding hydrogens is 296 g/mol. The SMILES string of the molecule is C[C@H](CCc1ccccc1)NC(=O)CSc1cccc[n+]1[O-]. The Hall–Kier alpha value is -2.01. The quantitative estimate of drug-likeness (QED) is 0.485. The number of carbonyl (C=O) groups is 1. The van der Waals surface area contributed by atoms with Crippen molar-refractivity contribution >= 4 is 17.7 Å². The molecule has 0 aliphatic rings. The van der Waals surface area contributed by atoms with E-state index in [2.05, 4.69) is 17.4 Å². The molecule has 116 valence electrons. The van der Waals surface area contributed by atoms with Crippen molar-refractivity contribution in [3.63, 3.8) is 0 Å². The predicted octanol–water partition coefficient (Wildman–Crippen LogP) is 2.55. The fourth-order valence-corrected chi connectivity index (χ4v) is 2.81. The molecule has 5 heteroatoms. The van der Waals surface area contributed by atoms with Gasteiger partial charge in [0.15, 0.2) is 6.20 Å². The summed E-state index contributed by atoms with van der Waals surface area (Å²) in [5.41, 5.74) is 1.27. The van der Waals surface area contributed by atoms with Gasteiger partial charge in [-0.2, -0.15) is 4.73 Å². The second kappa shape index (κ2) is 8.44. The largest absolute Gasteiger partial charge is 0.618 e. The van der Waals surface area contributed by atoms with Gasteiger partial charge in [0.2, 0.25) is 5.91 Å². The maximum Gasteiger partial charge on any atom is 0.251 e. The smallest absolute Gasteiger partial charge is 0.251 e. The van der Waals surface area contributed by atoms with Crippen molar-refractivity contribution in [3.05, 3.63) is 65.5 Å². The molecule has 0 unspecified atom stereocenters. The van der Waals surface area contributed by atoms with Crippen LogP contribution in [-0.2, 0) is 11.2 Å². The Morgan fingerprint density at radius 1 is 1.23 bits per heavy atom. The molecule has 1 aromatic heterocycles. The van der Waals surface area contributed by atoms with Crippen LogP contribution in [0.4, 0.5) is 0 Å². The molecule has 1 heterocycles. The fourth-order valence-electron chi connectivity index (χ4n) is 2.08. The van der Waals surface area contributed by atoms with E-state index in [1.807, 2.05) is 25.1 Å². The normalized spacial score (nSPS) is 11.9. The molecule has 0 saturated heterocycles. The van der Waals surface area contributed by atoms with E-state index in [4.69, 9.17) is 0 Å². The summed E-state index contributed by atoms with van der Waals surface area (Å²) in [4.78, 5) is 11.9. The average Bonchev–Trinajstić information content (AvgIpc) is 2.53. The summed E-state index contributed by atoms with van der Waals surface area (Å²) < 4.78 is 0.775. The minimum Gasteiger partial charge on any atom is -0.618 e. The van der Waals surface area contributed by atoms with Crippen molar-refractivity contribution < 1.29 is 9.52 Å². The Balaban J connectivity index is 1.71. The monoisotopic (exact) mass is 316 g/mol. The van der Waals surface area contributed by atoms with Crippen molar-refractivity contribution in [1.29, 1.82) is 0 Å². The van der Waals surface area contributed by atoms with Gasteiger partial charge in [0.25, 0.3) is 5.03 Å². The molecule has 0 fully saturated rings. The topological polar surface area (TPSA) is 56.0 Å². The Kier molecular flexibility index (Phi) is 6.27. The number of hydrogen-bond acceptors (Lipinski definition) is 3. The molecule has 0 aliphatic heterocycles. The minimum atomic E-state index is -0.0468. The summed E-state index contributed by atoms with van der Waals surface area (Å²) in [6, 6.07) is 15.5. The van der Waals surface area contributed by atoms with Crippen LogP contribution in [0.15, 0.2) is 59.8 Å². The van der Waals surface area contributed by atoms with Gasteiger partial charge in [0, 0.05) is 18.2 Å². The summed E-state index contributed by atoms with van der Waals surface area (Å²) in [6.07, 6.45) is 3.27. The summed E-state index contributed by atoms with van der Waals surface area (Å²) in [5.74, 6) is 0.205. The van der Waals surface area contributed by atoms with Crippen LogP contribution >= 0.6 is 11.8 Å². The molecule has 1 atom stereocenters. The minimum absolute atomic E-state index is 0.0468. The molecule has 2 aromatic rings. The molecule has 0 saturated carbocycles. The van der Waals surface area contributed by atoms with Crippen LogP contribution in [0, 0.1) is 5.21 Å². The second-order valence-electron chi connectivity index (χ2n) is 5.15. The van der Waals surface area contributed by atoms with E-state index in [1.165, 1.54) is 23.5 Å². The molecule has 1 amide bonds. The molecule has 4 nitrogen and oxygen atoms in total. The van der Waals surface area contributed by atoms with Crippen molar-refractivity contribution in [2.45, 2.75) is 30.8 Å². The standard InChI is InChI=1S/C17H20N2O2S/c1-14(10-11-15-7-3-2-4-8-15)18-16(20)13-22-17-9-5-6-12-19(17)21/h2-9,12,14H,10-11,13H2,1H3,(H,18,20)/t14-/m1/s1. The number of aryl methyl sites for hydroxylation is 1. The van der Waals surface area contributed by atoms with Crippen molar-refractivity contribution in [3.8, 4) is 0 Å². The lowest BCUT2D eigenvalue weighted by molar-refractivity contribution is -0.645. The van der Waals surface area contributed by atoms with Crippen molar-refractivity contribution in [2.75, 3.05) is 5.75 Å². The van der Waals surface area contributed by atoms with Gasteiger partial charge in [-0.1, -0.05) is 30.3 Å². The summed E-state index contributed by atoms with van der Waals surface area (Å²) in [6.45, 7) is 2.00. The predicted molar refractivity (Wildman–Crippen MR) is 88.5 cm³/mol. The van der Waals surface area contributed by atoms with Gasteiger partial charge < -0.3 is 10.5 Å². The maximum atomic E-state index is 11.9. The van der Waals surface area contributed by atoms with Gasteiger partial charge in [0.05, 0.1) is 5.75 Å². The van der Waals surface area contributed by atoms with Crippen LogP contribution in [0.5, 0.6) is 0 Å². The number of nitrogens with zero attached hydrogens (tertiary/aromatic N) is 1. The number of nitrogens with one attached hydrogen (secondary N) is 1. The Morgan fingerprint density at radius 2 is 1.95 bits per heavy atom. The van der Waals surface area contributed by atoms with E-state index >= 15 is 0 Å². The molecular formula is C17H20N2O2S. The number of aromatic nitrogens is 1. The number of amides is 1. The molecule has 22 heavy (non-hydrogen) atoms. The summed E-state index contributed by atoms with van der Waals surface area (Å²) in [5, 5.41) is 15.0. The number of pyridine rings is 1. The molecule has 0 aliphatic carbocycles. The highest BCUT2D eigenvalue weighted by Gasteiger charge is 2.11. The first-order valence-corrected chi connectivity index (χ1v) is 8.28. The highest BCUT2D eigenvalue weighted by molar-refractivity contribution is 7.99. The first kappa shape index (κ1) is 16.4. The van der Waals surface area contributed by atoms with Gasteiger partial charge in [-0.15, -0.1) is 0 Å². The maximum absolute atomic E-state index is 11.9. The average molecular weight is 316 g/mol. The molecule has 1 N–H and O–H groups in total. The third kappa shape index (κ3) is 5.41. The van der Waals surface area contributed by atoms with E-state index < -0.39 is 0 Å². The highest BCUT2D eigenvalue weighted by Crippen LogP contribution is 2.12. The van der Waals surface area contributed by atoms with Gasteiger partial charge in [-0.25, -0.2) is 0 Å². The van der Waals surface area contributed by atoms with Gasteiger partial charge in [-0.3, -0.25) is 4.79 Å².